The summed E-state index contributed by atoms with van der Waals surface area (Å²) >= 11 is 0. The van der Waals surface area contributed by atoms with Crippen LogP contribution in [0.4, 0.5) is 5.69 Å². The zero-order valence-electron chi connectivity index (χ0n) is 27.8. The van der Waals surface area contributed by atoms with Crippen molar-refractivity contribution >= 4 is 17.5 Å². The lowest BCUT2D eigenvalue weighted by atomic mass is 10.1. The van der Waals surface area contributed by atoms with E-state index in [1.54, 1.807) is 12.1 Å². The Labute approximate surface area is 286 Å². The predicted octanol–water partition coefficient (Wildman–Crippen LogP) is -1.43. The average molecular weight is 699 g/mol. The van der Waals surface area contributed by atoms with Crippen LogP contribution in [0.3, 0.4) is 0 Å². The van der Waals surface area contributed by atoms with Crippen LogP contribution in [0.25, 0.3) is 0 Å². The molecule has 1 aromatic heterocycles. The summed E-state index contributed by atoms with van der Waals surface area (Å²) < 4.78 is 18.3. The minimum Gasteiger partial charge on any atom is -0.465 e. The van der Waals surface area contributed by atoms with Gasteiger partial charge in [0.2, 0.25) is 12.5 Å². The zero-order chi connectivity index (χ0) is 36.4. The van der Waals surface area contributed by atoms with E-state index >= 15 is 0 Å². The summed E-state index contributed by atoms with van der Waals surface area (Å²) in [6.45, 7) is 5.62. The van der Waals surface area contributed by atoms with Crippen LogP contribution >= 0.6 is 0 Å². The molecule has 1 aromatic carbocycles. The summed E-state index contributed by atoms with van der Waals surface area (Å²) in [4.78, 5) is 56.5. The first-order valence-corrected chi connectivity index (χ1v) is 16.0. The van der Waals surface area contributed by atoms with E-state index in [0.717, 1.165) is 46.6 Å². The molecular weight excluding hydrogens is 656 g/mol. The van der Waals surface area contributed by atoms with Gasteiger partial charge in [0.15, 0.2) is 17.6 Å². The lowest BCUT2D eigenvalue weighted by Gasteiger charge is -2.32. The number of amides is 2. The molecular formula is C33H42N6O11. The van der Waals surface area contributed by atoms with Gasteiger partial charge in [-0.3, -0.25) is 28.8 Å². The Kier molecular flexibility index (Phi) is 10.9. The van der Waals surface area contributed by atoms with Crippen LogP contribution < -0.4 is 22.3 Å². The van der Waals surface area contributed by atoms with Crippen LogP contribution in [0.15, 0.2) is 81.7 Å². The van der Waals surface area contributed by atoms with Crippen LogP contribution in [0.2, 0.25) is 0 Å². The summed E-state index contributed by atoms with van der Waals surface area (Å²) in [6, 6.07) is 6.88. The van der Waals surface area contributed by atoms with Gasteiger partial charge >= 0.3 is 5.69 Å². The van der Waals surface area contributed by atoms with Gasteiger partial charge in [0.25, 0.3) is 17.4 Å². The number of carbonyl (C=O) groups excluding carboxylic acids is 2. The topological polar surface area (TPSA) is 242 Å². The number of hydrogen-bond donors (Lipinski definition) is 7. The van der Waals surface area contributed by atoms with Crippen molar-refractivity contribution in [1.29, 1.82) is 0 Å². The number of ether oxygens (including phenoxy) is 3. The molecule has 0 unspecified atom stereocenters. The second-order valence-electron chi connectivity index (χ2n) is 12.4. The summed E-state index contributed by atoms with van der Waals surface area (Å²) in [5.41, 5.74) is 5.56. The number of H-pyrrole nitrogens is 1. The van der Waals surface area contributed by atoms with E-state index in [1.165, 1.54) is 25.1 Å². The molecule has 0 aliphatic carbocycles. The summed E-state index contributed by atoms with van der Waals surface area (Å²) in [6.07, 6.45) is -6.06. The van der Waals surface area contributed by atoms with Crippen molar-refractivity contribution in [3.63, 3.8) is 0 Å². The fourth-order valence-electron chi connectivity index (χ4n) is 5.92. The highest BCUT2D eigenvalue weighted by atomic mass is 16.7. The molecule has 5 rings (SSSR count). The molecule has 2 fully saturated rings. The van der Waals surface area contributed by atoms with Gasteiger partial charge in [-0.25, -0.2) is 4.79 Å². The van der Waals surface area contributed by atoms with Gasteiger partial charge in [-0.05, 0) is 43.7 Å². The van der Waals surface area contributed by atoms with Crippen molar-refractivity contribution < 1.29 is 44.2 Å². The number of aromatic nitrogens is 2. The molecule has 17 heteroatoms. The fourth-order valence-corrected chi connectivity index (χ4v) is 5.92. The van der Waals surface area contributed by atoms with Gasteiger partial charge < -0.3 is 50.6 Å². The van der Waals surface area contributed by atoms with Crippen molar-refractivity contribution in [3.8, 4) is 0 Å². The maximum Gasteiger partial charge on any atom is 0.331 e. The highest BCUT2D eigenvalue weighted by Crippen LogP contribution is 2.38. The molecule has 270 valence electrons. The summed E-state index contributed by atoms with van der Waals surface area (Å²) in [5.74, 6) is -2.33. The standard InChI is InChI=1S/C33H42N6O11/c1-5-6-7-17-8-10-18(11-9-17)35-29(45)19-12-14-37(3)21(30(46)38(19)4)27(50-32-25(44)23(42)26(49-32)16(2)34)28-22(41)24(43)31(48-28)39-15-13-20(40)36-33(39)47/h8-13,15,21-26,31-32,41-44H,2,5-7,14,34H2,1,3-4H3,(H,35,45)(H,36,40,47)/b28-27+/t21-,22-,23-,24+,25+,26+,31+,32-/m0/s1. The van der Waals surface area contributed by atoms with E-state index in [9.17, 15) is 39.6 Å². The third-order valence-corrected chi connectivity index (χ3v) is 8.78. The largest absolute Gasteiger partial charge is 0.465 e. The minimum absolute atomic E-state index is 0.0126. The Bertz CT molecular complexity index is 1790. The number of aliphatic hydroxyl groups is 4. The Morgan fingerprint density at radius 1 is 1.08 bits per heavy atom. The molecule has 8 N–H and O–H groups in total. The minimum atomic E-state index is -1.91. The number of aromatic amines is 1. The molecule has 4 heterocycles. The number of aliphatic hydroxyl groups excluding tert-OH is 4. The van der Waals surface area contributed by atoms with Gasteiger partial charge in [-0.15, -0.1) is 0 Å². The molecule has 50 heavy (non-hydrogen) atoms. The molecule has 2 saturated heterocycles. The molecule has 0 radical (unpaired) electrons. The first kappa shape index (κ1) is 36.5. The van der Waals surface area contributed by atoms with E-state index in [2.05, 4.69) is 18.8 Å². The molecule has 2 aromatic rings. The number of nitrogens with one attached hydrogen (secondary N) is 2. The van der Waals surface area contributed by atoms with Crippen molar-refractivity contribution in [3.05, 3.63) is 98.5 Å². The Morgan fingerprint density at radius 2 is 1.78 bits per heavy atom. The van der Waals surface area contributed by atoms with Crippen molar-refractivity contribution in [2.24, 2.45) is 5.73 Å². The molecule has 3 aliphatic rings. The highest BCUT2D eigenvalue weighted by Gasteiger charge is 2.51. The smallest absolute Gasteiger partial charge is 0.331 e. The maximum absolute atomic E-state index is 14.3. The van der Waals surface area contributed by atoms with E-state index in [1.807, 2.05) is 17.1 Å². The van der Waals surface area contributed by atoms with Gasteiger partial charge in [-0.2, -0.15) is 0 Å². The van der Waals surface area contributed by atoms with Crippen molar-refractivity contribution in [1.82, 2.24) is 19.4 Å². The second kappa shape index (κ2) is 15.0. The summed E-state index contributed by atoms with van der Waals surface area (Å²) in [5, 5.41) is 46.4. The van der Waals surface area contributed by atoms with Crippen LogP contribution in [0, 0.1) is 0 Å². The van der Waals surface area contributed by atoms with E-state index in [0.29, 0.717) is 5.69 Å². The van der Waals surface area contributed by atoms with Crippen LogP contribution in [-0.2, 0) is 30.2 Å². The van der Waals surface area contributed by atoms with E-state index in [4.69, 9.17) is 19.9 Å². The molecule has 0 saturated carbocycles. The van der Waals surface area contributed by atoms with Crippen molar-refractivity contribution in [2.75, 3.05) is 26.0 Å². The third-order valence-electron chi connectivity index (χ3n) is 8.78. The number of nitrogens with two attached hydrogens (primary N) is 1. The molecule has 0 bridgehead atoms. The number of hydrogen-bond acceptors (Lipinski definition) is 13. The average Bonchev–Trinajstić information content (AvgIpc) is 3.49. The third kappa shape index (κ3) is 7.23. The zero-order valence-corrected chi connectivity index (χ0v) is 27.8. The lowest BCUT2D eigenvalue weighted by Crippen LogP contribution is -2.48. The number of nitrogens with zero attached hydrogens (tertiary/aromatic N) is 3. The first-order valence-electron chi connectivity index (χ1n) is 16.0. The Balaban J connectivity index is 1.49. The number of carbonyl (C=O) groups is 2. The second-order valence-corrected chi connectivity index (χ2v) is 12.4. The predicted molar refractivity (Wildman–Crippen MR) is 177 cm³/mol. The maximum atomic E-state index is 14.3. The van der Waals surface area contributed by atoms with Crippen LogP contribution in [-0.4, -0.2) is 115 Å². The van der Waals surface area contributed by atoms with Crippen LogP contribution in [0.1, 0.15) is 31.6 Å². The summed E-state index contributed by atoms with van der Waals surface area (Å²) in [7, 11) is 2.87. The number of rotatable bonds is 10. The lowest BCUT2D eigenvalue weighted by molar-refractivity contribution is -0.154. The molecule has 2 amide bonds. The molecule has 0 spiro atoms. The Hall–Kier alpha value is -4.78. The number of benzene rings is 1. The van der Waals surface area contributed by atoms with Crippen LogP contribution in [0.5, 0.6) is 0 Å². The van der Waals surface area contributed by atoms with Crippen molar-refractivity contribution in [2.45, 2.75) is 75.3 Å². The molecule has 3 aliphatic heterocycles. The normalized spacial score (nSPS) is 29.6. The van der Waals surface area contributed by atoms with Gasteiger partial charge in [0.05, 0.1) is 0 Å². The highest BCUT2D eigenvalue weighted by molar-refractivity contribution is 6.06. The number of unbranched alkanes of at least 4 members (excludes halogenated alkanes) is 1. The van der Waals surface area contributed by atoms with Gasteiger partial charge in [-0.1, -0.05) is 32.1 Å². The Morgan fingerprint density at radius 3 is 2.40 bits per heavy atom. The molecule has 17 nitrogen and oxygen atoms in total. The first-order chi connectivity index (χ1) is 23.7. The fraction of sp³-hybridized carbons (Fsp3) is 0.455. The van der Waals surface area contributed by atoms with E-state index < -0.39 is 83.7 Å². The van der Waals surface area contributed by atoms with E-state index in [-0.39, 0.29) is 17.9 Å². The number of aryl methyl sites for hydroxylation is 1. The SMILES string of the molecule is C=C(N)[C@H]1O[C@@H](O/C(=C2/O[C@@H](n3ccc(=O)[nH]c3=O)[C@H](O)[C@@H]2O)[C@H]2C(=O)N(C)C(C(=O)Nc3ccc(CCCC)cc3)=CCN2C)[C@H](O)[C@@H]1O. The monoisotopic (exact) mass is 698 g/mol. The molecule has 8 atom stereocenters. The van der Waals surface area contributed by atoms with Gasteiger partial charge in [0.1, 0.15) is 36.2 Å². The number of likely N-dealkylation sites (N-methyl/N-ethyl adjacent to an activating group) is 2. The number of anilines is 1. The van der Waals surface area contributed by atoms with Gasteiger partial charge in [0, 0.05) is 37.2 Å². The quantitative estimate of drug-likeness (QED) is 0.141.